The number of hydrogen-bond donors (Lipinski definition) is 1. The predicted molar refractivity (Wildman–Crippen MR) is 101 cm³/mol. The molecule has 1 aliphatic carbocycles. The summed E-state index contributed by atoms with van der Waals surface area (Å²) in [4.78, 5) is 29.0. The van der Waals surface area contributed by atoms with Crippen molar-refractivity contribution in [3.8, 4) is 0 Å². The summed E-state index contributed by atoms with van der Waals surface area (Å²) in [7, 11) is 0. The molecule has 3 fully saturated rings. The van der Waals surface area contributed by atoms with Crippen molar-refractivity contribution in [2.75, 3.05) is 32.7 Å². The lowest BCUT2D eigenvalue weighted by atomic mass is 10.0. The van der Waals surface area contributed by atoms with Crippen LogP contribution in [0.15, 0.2) is 18.2 Å². The van der Waals surface area contributed by atoms with Crippen molar-refractivity contribution in [3.63, 3.8) is 0 Å². The highest BCUT2D eigenvalue weighted by atomic mass is 35.5. The Kier molecular flexibility index (Phi) is 5.13. The van der Waals surface area contributed by atoms with Crippen LogP contribution in [0.5, 0.6) is 0 Å². The molecular formula is C19H23Cl2N3O2. The number of rotatable bonds is 3. The Labute approximate surface area is 163 Å². The lowest BCUT2D eigenvalue weighted by Gasteiger charge is -2.41. The van der Waals surface area contributed by atoms with Crippen LogP contribution in [0.25, 0.3) is 0 Å². The number of piperazine rings is 1. The van der Waals surface area contributed by atoms with E-state index in [0.29, 0.717) is 23.1 Å². The van der Waals surface area contributed by atoms with Crippen LogP contribution in [0.3, 0.4) is 0 Å². The Morgan fingerprint density at radius 1 is 1.19 bits per heavy atom. The Morgan fingerprint density at radius 2 is 2.04 bits per heavy atom. The molecule has 2 heterocycles. The first-order valence-electron chi connectivity index (χ1n) is 9.28. The van der Waals surface area contributed by atoms with Gasteiger partial charge in [-0.25, -0.2) is 0 Å². The molecule has 3 aliphatic rings. The second-order valence-electron chi connectivity index (χ2n) is 7.47. The first kappa shape index (κ1) is 18.1. The number of halogens is 2. The number of carbonyl (C=O) groups is 2. The number of amides is 2. The molecule has 2 amide bonds. The molecule has 26 heavy (non-hydrogen) atoms. The molecule has 1 aromatic carbocycles. The van der Waals surface area contributed by atoms with E-state index in [1.807, 2.05) is 21.9 Å². The summed E-state index contributed by atoms with van der Waals surface area (Å²) < 4.78 is 0. The largest absolute Gasteiger partial charge is 0.340 e. The molecule has 0 radical (unpaired) electrons. The topological polar surface area (TPSA) is 52.7 Å². The zero-order valence-corrected chi connectivity index (χ0v) is 16.1. The van der Waals surface area contributed by atoms with Gasteiger partial charge in [-0.05, 0) is 42.9 Å². The van der Waals surface area contributed by atoms with Gasteiger partial charge < -0.3 is 15.1 Å². The number of nitrogens with one attached hydrogen (secondary N) is 1. The summed E-state index contributed by atoms with van der Waals surface area (Å²) in [6.07, 6.45) is 2.80. The van der Waals surface area contributed by atoms with Crippen molar-refractivity contribution in [3.05, 3.63) is 33.8 Å². The van der Waals surface area contributed by atoms with Gasteiger partial charge in [0, 0.05) is 38.1 Å². The number of likely N-dealkylation sites (tertiary alicyclic amines) is 1. The van der Waals surface area contributed by atoms with E-state index in [-0.39, 0.29) is 29.7 Å². The van der Waals surface area contributed by atoms with Crippen molar-refractivity contribution >= 4 is 35.0 Å². The van der Waals surface area contributed by atoms with Crippen LogP contribution < -0.4 is 5.32 Å². The molecule has 5 nitrogen and oxygen atoms in total. The van der Waals surface area contributed by atoms with Crippen molar-refractivity contribution in [1.29, 1.82) is 0 Å². The Balaban J connectivity index is 1.39. The number of piperidine rings is 1. The standard InChI is InChI=1S/C19H23Cl2N3O2/c20-16-4-3-12(8-17(16)21)14-9-15(14)19(26)23-6-1-2-13(11-23)24-7-5-22-10-18(24)25/h3-4,8,13-15,22H,1-2,5-7,9-11H2. The second kappa shape index (κ2) is 7.37. The first-order valence-corrected chi connectivity index (χ1v) is 10.0. The van der Waals surface area contributed by atoms with Gasteiger partial charge in [-0.15, -0.1) is 0 Å². The van der Waals surface area contributed by atoms with Crippen LogP contribution in [-0.4, -0.2) is 60.4 Å². The summed E-state index contributed by atoms with van der Waals surface area (Å²) in [5.74, 6) is 0.632. The minimum Gasteiger partial charge on any atom is -0.340 e. The maximum Gasteiger partial charge on any atom is 0.236 e. The van der Waals surface area contributed by atoms with Crippen LogP contribution in [-0.2, 0) is 9.59 Å². The third kappa shape index (κ3) is 3.57. The summed E-state index contributed by atoms with van der Waals surface area (Å²) in [5.41, 5.74) is 1.09. The average Bonchev–Trinajstić information content (AvgIpc) is 3.45. The molecule has 140 valence electrons. The highest BCUT2D eigenvalue weighted by Gasteiger charge is 2.46. The van der Waals surface area contributed by atoms with E-state index < -0.39 is 0 Å². The van der Waals surface area contributed by atoms with Gasteiger partial charge >= 0.3 is 0 Å². The monoisotopic (exact) mass is 395 g/mol. The van der Waals surface area contributed by atoms with Crippen LogP contribution in [0.1, 0.15) is 30.7 Å². The van der Waals surface area contributed by atoms with Crippen LogP contribution in [0.4, 0.5) is 0 Å². The Hall–Kier alpha value is -1.30. The SMILES string of the molecule is O=C(C1CC1c1ccc(Cl)c(Cl)c1)N1CCCC(N2CCNCC2=O)C1. The van der Waals surface area contributed by atoms with E-state index in [9.17, 15) is 9.59 Å². The zero-order valence-electron chi connectivity index (χ0n) is 14.6. The minimum absolute atomic E-state index is 0.0321. The summed E-state index contributed by atoms with van der Waals surface area (Å²) in [6, 6.07) is 5.79. The third-order valence-corrected chi connectivity index (χ3v) is 6.49. The molecule has 1 aromatic rings. The smallest absolute Gasteiger partial charge is 0.236 e. The van der Waals surface area contributed by atoms with Gasteiger partial charge in [-0.2, -0.15) is 0 Å². The van der Waals surface area contributed by atoms with Crippen LogP contribution in [0.2, 0.25) is 10.0 Å². The highest BCUT2D eigenvalue weighted by Crippen LogP contribution is 2.49. The molecule has 0 spiro atoms. The highest BCUT2D eigenvalue weighted by molar-refractivity contribution is 6.42. The third-order valence-electron chi connectivity index (χ3n) is 5.75. The minimum atomic E-state index is 0.0321. The summed E-state index contributed by atoms with van der Waals surface area (Å²) >= 11 is 12.1. The average molecular weight is 396 g/mol. The molecule has 3 unspecified atom stereocenters. The molecule has 2 aliphatic heterocycles. The molecule has 0 aromatic heterocycles. The van der Waals surface area contributed by atoms with Crippen LogP contribution in [0, 0.1) is 5.92 Å². The van der Waals surface area contributed by atoms with E-state index >= 15 is 0 Å². The Bertz CT molecular complexity index is 727. The second-order valence-corrected chi connectivity index (χ2v) is 8.28. The lowest BCUT2D eigenvalue weighted by Crippen LogP contribution is -2.57. The molecule has 4 rings (SSSR count). The summed E-state index contributed by atoms with van der Waals surface area (Å²) in [5, 5.41) is 4.19. The normalized spacial score (nSPS) is 29.0. The maximum absolute atomic E-state index is 13.0. The van der Waals surface area contributed by atoms with Crippen molar-refractivity contribution < 1.29 is 9.59 Å². The molecule has 0 bridgehead atoms. The van der Waals surface area contributed by atoms with Crippen molar-refractivity contribution in [1.82, 2.24) is 15.1 Å². The fourth-order valence-electron chi connectivity index (χ4n) is 4.23. The zero-order chi connectivity index (χ0) is 18.3. The van der Waals surface area contributed by atoms with Gasteiger partial charge in [0.2, 0.25) is 11.8 Å². The molecule has 3 atom stereocenters. The van der Waals surface area contributed by atoms with Crippen LogP contribution >= 0.6 is 23.2 Å². The first-order chi connectivity index (χ1) is 12.5. The predicted octanol–water partition coefficient (Wildman–Crippen LogP) is 2.52. The van der Waals surface area contributed by atoms with Gasteiger partial charge in [-0.3, -0.25) is 9.59 Å². The number of carbonyl (C=O) groups excluding carboxylic acids is 2. The molecular weight excluding hydrogens is 373 g/mol. The molecule has 7 heteroatoms. The maximum atomic E-state index is 13.0. The molecule has 1 N–H and O–H groups in total. The number of nitrogens with zero attached hydrogens (tertiary/aromatic N) is 2. The van der Waals surface area contributed by atoms with Gasteiger partial charge in [0.1, 0.15) is 0 Å². The fraction of sp³-hybridized carbons (Fsp3) is 0.579. The van der Waals surface area contributed by atoms with Crippen molar-refractivity contribution in [2.24, 2.45) is 5.92 Å². The van der Waals surface area contributed by atoms with E-state index in [1.54, 1.807) is 6.07 Å². The Morgan fingerprint density at radius 3 is 2.81 bits per heavy atom. The fourth-order valence-corrected chi connectivity index (χ4v) is 4.54. The summed E-state index contributed by atoms with van der Waals surface area (Å²) in [6.45, 7) is 3.43. The quantitative estimate of drug-likeness (QED) is 0.855. The number of hydrogen-bond acceptors (Lipinski definition) is 3. The van der Waals surface area contributed by atoms with Gasteiger partial charge in [0.05, 0.1) is 16.6 Å². The molecule has 2 saturated heterocycles. The lowest BCUT2D eigenvalue weighted by molar-refractivity contribution is -0.141. The van der Waals surface area contributed by atoms with Gasteiger partial charge in [-0.1, -0.05) is 29.3 Å². The van der Waals surface area contributed by atoms with E-state index in [4.69, 9.17) is 23.2 Å². The molecule has 1 saturated carbocycles. The van der Waals surface area contributed by atoms with Gasteiger partial charge in [0.15, 0.2) is 0 Å². The number of benzene rings is 1. The van der Waals surface area contributed by atoms with E-state index in [0.717, 1.165) is 44.5 Å². The van der Waals surface area contributed by atoms with Gasteiger partial charge in [0.25, 0.3) is 0 Å². The van der Waals surface area contributed by atoms with Crippen molar-refractivity contribution in [2.45, 2.75) is 31.2 Å². The van der Waals surface area contributed by atoms with E-state index in [1.165, 1.54) is 0 Å². The van der Waals surface area contributed by atoms with E-state index in [2.05, 4.69) is 5.32 Å².